The number of aromatic amines is 1. The number of nitrogens with zero attached hydrogens (tertiary/aromatic N) is 2. The molecule has 1 fully saturated rings. The average molecular weight is 468 g/mol. The zero-order chi connectivity index (χ0) is 23.8. The third-order valence-corrected chi connectivity index (χ3v) is 6.72. The molecular formula is C28H25N3O4. The van der Waals surface area contributed by atoms with Gasteiger partial charge in [-0.15, -0.1) is 0 Å². The molecule has 0 bridgehead atoms. The molecule has 2 aliphatic heterocycles. The molecule has 0 radical (unpaired) electrons. The Morgan fingerprint density at radius 3 is 2.71 bits per heavy atom. The minimum atomic E-state index is -0.206. The molecule has 2 aliphatic rings. The van der Waals surface area contributed by atoms with E-state index in [1.807, 2.05) is 59.5 Å². The van der Waals surface area contributed by atoms with E-state index in [0.29, 0.717) is 30.7 Å². The van der Waals surface area contributed by atoms with E-state index in [2.05, 4.69) is 16.3 Å². The maximum absolute atomic E-state index is 13.2. The summed E-state index contributed by atoms with van der Waals surface area (Å²) in [4.78, 5) is 27.2. The van der Waals surface area contributed by atoms with Gasteiger partial charge in [0.2, 0.25) is 5.91 Å². The zero-order valence-corrected chi connectivity index (χ0v) is 19.2. The number of carbonyl (C=O) groups is 1. The lowest BCUT2D eigenvalue weighted by molar-refractivity contribution is -0.117. The number of H-pyrrole nitrogens is 1. The smallest absolute Gasteiger partial charge is 0.272 e. The molecule has 0 spiro atoms. The maximum Gasteiger partial charge on any atom is 0.272 e. The summed E-state index contributed by atoms with van der Waals surface area (Å²) < 4.78 is 11.5. The van der Waals surface area contributed by atoms with E-state index in [-0.39, 0.29) is 17.6 Å². The van der Waals surface area contributed by atoms with E-state index in [0.717, 1.165) is 47.4 Å². The van der Waals surface area contributed by atoms with Crippen LogP contribution in [-0.2, 0) is 22.4 Å². The Morgan fingerprint density at radius 1 is 1.09 bits per heavy atom. The highest BCUT2D eigenvalue weighted by atomic mass is 16.5. The number of amides is 1. The molecule has 7 nitrogen and oxygen atoms in total. The predicted octanol–water partition coefficient (Wildman–Crippen LogP) is 3.89. The molecule has 176 valence electrons. The van der Waals surface area contributed by atoms with Crippen molar-refractivity contribution in [3.8, 4) is 17.0 Å². The van der Waals surface area contributed by atoms with Gasteiger partial charge >= 0.3 is 0 Å². The van der Waals surface area contributed by atoms with E-state index in [9.17, 15) is 9.59 Å². The summed E-state index contributed by atoms with van der Waals surface area (Å²) in [6.07, 6.45) is 2.12. The number of benzene rings is 3. The highest BCUT2D eigenvalue weighted by molar-refractivity contribution is 5.97. The van der Waals surface area contributed by atoms with Crippen molar-refractivity contribution in [2.75, 3.05) is 24.7 Å². The number of aromatic nitrogens is 2. The molecule has 3 heterocycles. The van der Waals surface area contributed by atoms with E-state index in [1.165, 1.54) is 5.56 Å². The number of rotatable bonds is 5. The van der Waals surface area contributed by atoms with Gasteiger partial charge in [-0.05, 0) is 29.7 Å². The number of carbonyl (C=O) groups excluding carboxylic acids is 1. The molecule has 1 amide bonds. The molecule has 6 rings (SSSR count). The van der Waals surface area contributed by atoms with Crippen LogP contribution in [0.4, 0.5) is 5.69 Å². The largest absolute Gasteiger partial charge is 0.488 e. The fraction of sp³-hybridized carbons (Fsp3) is 0.250. The standard InChI is InChI=1S/C28H25N3O4/c32-26(31-13-11-19-9-10-21(16-25(19)31)35-22-12-14-34-17-22)15-18-5-7-20(8-6-18)27-23-3-1-2-4-24(23)28(33)30-29-27/h1-10,16,22H,11-15,17H2,(H,30,33)/t22-/m0/s1. The number of nitrogens with one attached hydrogen (secondary N) is 1. The lowest BCUT2D eigenvalue weighted by atomic mass is 10.0. The quantitative estimate of drug-likeness (QED) is 0.481. The third-order valence-electron chi connectivity index (χ3n) is 6.72. The van der Waals surface area contributed by atoms with Crippen molar-refractivity contribution in [1.82, 2.24) is 10.2 Å². The number of anilines is 1. The normalized spacial score (nSPS) is 17.0. The first kappa shape index (κ1) is 21.6. The molecule has 1 saturated heterocycles. The summed E-state index contributed by atoms with van der Waals surface area (Å²) >= 11 is 0. The molecule has 1 aromatic heterocycles. The molecule has 1 N–H and O–H groups in total. The molecule has 0 aliphatic carbocycles. The minimum Gasteiger partial charge on any atom is -0.488 e. The van der Waals surface area contributed by atoms with Gasteiger partial charge in [0, 0.05) is 30.0 Å². The SMILES string of the molecule is O=C(Cc1ccc(-c2n[nH]c(=O)c3ccccc23)cc1)N1CCc2ccc(O[C@H]3CCOC3)cc21. The minimum absolute atomic E-state index is 0.0606. The van der Waals surface area contributed by atoms with Gasteiger partial charge in [-0.25, -0.2) is 5.10 Å². The summed E-state index contributed by atoms with van der Waals surface area (Å²) in [5.41, 5.74) is 4.43. The third kappa shape index (κ3) is 4.19. The number of ether oxygens (including phenoxy) is 2. The molecule has 0 unspecified atom stereocenters. The van der Waals surface area contributed by atoms with E-state index < -0.39 is 0 Å². The molecule has 4 aromatic rings. The molecule has 1 atom stereocenters. The van der Waals surface area contributed by atoms with E-state index in [4.69, 9.17) is 9.47 Å². The van der Waals surface area contributed by atoms with Gasteiger partial charge in [0.15, 0.2) is 0 Å². The van der Waals surface area contributed by atoms with Crippen LogP contribution in [0.1, 0.15) is 17.5 Å². The second-order valence-electron chi connectivity index (χ2n) is 9.01. The Hall–Kier alpha value is -3.97. The Morgan fingerprint density at radius 2 is 1.91 bits per heavy atom. The molecule has 3 aromatic carbocycles. The highest BCUT2D eigenvalue weighted by Crippen LogP contribution is 2.33. The van der Waals surface area contributed by atoms with Gasteiger partial charge < -0.3 is 14.4 Å². The Kier molecular flexibility index (Phi) is 5.54. The molecule has 35 heavy (non-hydrogen) atoms. The van der Waals surface area contributed by atoms with Gasteiger partial charge in [0.25, 0.3) is 5.56 Å². The maximum atomic E-state index is 13.2. The number of hydrogen-bond acceptors (Lipinski definition) is 5. The van der Waals surface area contributed by atoms with Gasteiger partial charge in [-0.2, -0.15) is 5.10 Å². The summed E-state index contributed by atoms with van der Waals surface area (Å²) in [7, 11) is 0. The van der Waals surface area contributed by atoms with Crippen LogP contribution in [0.3, 0.4) is 0 Å². The van der Waals surface area contributed by atoms with Crippen LogP contribution >= 0.6 is 0 Å². The molecule has 7 heteroatoms. The van der Waals surface area contributed by atoms with E-state index in [1.54, 1.807) is 6.07 Å². The first-order valence-electron chi connectivity index (χ1n) is 11.9. The number of hydrogen-bond donors (Lipinski definition) is 1. The highest BCUT2D eigenvalue weighted by Gasteiger charge is 2.26. The van der Waals surface area contributed by atoms with Crippen LogP contribution in [0.5, 0.6) is 5.75 Å². The lowest BCUT2D eigenvalue weighted by Gasteiger charge is -2.19. The van der Waals surface area contributed by atoms with Crippen LogP contribution < -0.4 is 15.2 Å². The van der Waals surface area contributed by atoms with Crippen LogP contribution in [0.2, 0.25) is 0 Å². The van der Waals surface area contributed by atoms with Gasteiger partial charge in [-0.3, -0.25) is 9.59 Å². The van der Waals surface area contributed by atoms with Crippen molar-refractivity contribution in [3.63, 3.8) is 0 Å². The Labute approximate surface area is 202 Å². The summed E-state index contributed by atoms with van der Waals surface area (Å²) in [6.45, 7) is 2.02. The molecular weight excluding hydrogens is 442 g/mol. The first-order valence-corrected chi connectivity index (χ1v) is 11.9. The lowest BCUT2D eigenvalue weighted by Crippen LogP contribution is -2.30. The summed E-state index contributed by atoms with van der Waals surface area (Å²) in [5.74, 6) is 0.842. The summed E-state index contributed by atoms with van der Waals surface area (Å²) in [5, 5.41) is 8.25. The average Bonchev–Trinajstić information content (AvgIpc) is 3.55. The number of fused-ring (bicyclic) bond motifs is 2. The fourth-order valence-corrected chi connectivity index (χ4v) is 4.87. The van der Waals surface area contributed by atoms with Crippen LogP contribution in [0.25, 0.3) is 22.0 Å². The van der Waals surface area contributed by atoms with Crippen molar-refractivity contribution in [3.05, 3.63) is 88.2 Å². The zero-order valence-electron chi connectivity index (χ0n) is 19.2. The Balaban J connectivity index is 1.19. The van der Waals surface area contributed by atoms with Crippen molar-refractivity contribution < 1.29 is 14.3 Å². The van der Waals surface area contributed by atoms with Crippen molar-refractivity contribution in [2.24, 2.45) is 0 Å². The predicted molar refractivity (Wildman–Crippen MR) is 134 cm³/mol. The van der Waals surface area contributed by atoms with Crippen LogP contribution in [0.15, 0.2) is 71.5 Å². The monoisotopic (exact) mass is 467 g/mol. The summed E-state index contributed by atoms with van der Waals surface area (Å²) in [6, 6.07) is 21.2. The Bertz CT molecular complexity index is 1460. The van der Waals surface area contributed by atoms with Crippen molar-refractivity contribution in [1.29, 1.82) is 0 Å². The fourth-order valence-electron chi connectivity index (χ4n) is 4.87. The van der Waals surface area contributed by atoms with Crippen LogP contribution in [-0.4, -0.2) is 42.0 Å². The first-order chi connectivity index (χ1) is 17.2. The molecule has 0 saturated carbocycles. The topological polar surface area (TPSA) is 84.5 Å². The van der Waals surface area contributed by atoms with Gasteiger partial charge in [0.05, 0.1) is 36.4 Å². The van der Waals surface area contributed by atoms with Crippen molar-refractivity contribution in [2.45, 2.75) is 25.4 Å². The van der Waals surface area contributed by atoms with Crippen LogP contribution in [0, 0.1) is 0 Å². The second kappa shape index (κ2) is 9.00. The van der Waals surface area contributed by atoms with Crippen molar-refractivity contribution >= 4 is 22.4 Å². The van der Waals surface area contributed by atoms with Gasteiger partial charge in [-0.1, -0.05) is 48.5 Å². The van der Waals surface area contributed by atoms with E-state index >= 15 is 0 Å². The second-order valence-corrected chi connectivity index (χ2v) is 9.01. The van der Waals surface area contributed by atoms with Gasteiger partial charge in [0.1, 0.15) is 11.9 Å².